The van der Waals surface area contributed by atoms with E-state index in [1.54, 1.807) is 0 Å². The lowest BCUT2D eigenvalue weighted by atomic mass is 10.2. The number of likely N-dealkylation sites (tertiary alicyclic amines) is 1. The fraction of sp³-hybridized carbons (Fsp3) is 0.700. The third-order valence-corrected chi connectivity index (χ3v) is 2.60. The molecule has 1 saturated heterocycles. The molecule has 0 bridgehead atoms. The van der Waals surface area contributed by atoms with Gasteiger partial charge in [-0.05, 0) is 12.8 Å². The van der Waals surface area contributed by atoms with Gasteiger partial charge >= 0.3 is 12.1 Å². The number of esters is 1. The number of hydrogen-bond donors (Lipinski definition) is 1. The number of rotatable bonds is 3. The van der Waals surface area contributed by atoms with Gasteiger partial charge in [-0.3, -0.25) is 14.5 Å². The van der Waals surface area contributed by atoms with E-state index in [0.717, 1.165) is 6.42 Å². The van der Waals surface area contributed by atoms with Crippen LogP contribution in [0.1, 0.15) is 12.8 Å². The number of carbonyl (C=O) groups excluding carboxylic acids is 3. The Balaban J connectivity index is 2.50. The fourth-order valence-electron chi connectivity index (χ4n) is 1.72. The van der Waals surface area contributed by atoms with Crippen LogP contribution >= 0.6 is 0 Å². The van der Waals surface area contributed by atoms with Gasteiger partial charge in [0, 0.05) is 6.54 Å². The van der Waals surface area contributed by atoms with E-state index >= 15 is 0 Å². The van der Waals surface area contributed by atoms with Crippen LogP contribution in [0.4, 0.5) is 4.79 Å². The number of carbonyl (C=O) groups is 3. The molecule has 1 unspecified atom stereocenters. The number of hydrogen-bond acceptors (Lipinski definition) is 5. The van der Waals surface area contributed by atoms with Gasteiger partial charge in [0.1, 0.15) is 12.6 Å². The molecular formula is C10H16N2O5. The van der Waals surface area contributed by atoms with Crippen molar-refractivity contribution in [3.63, 3.8) is 0 Å². The van der Waals surface area contributed by atoms with Crippen molar-refractivity contribution in [1.29, 1.82) is 0 Å². The summed E-state index contributed by atoms with van der Waals surface area (Å²) in [7, 11) is 2.51. The maximum atomic E-state index is 11.7. The Morgan fingerprint density at radius 3 is 2.59 bits per heavy atom. The lowest BCUT2D eigenvalue weighted by Crippen LogP contribution is -2.47. The number of methoxy groups -OCH3 is 2. The minimum Gasteiger partial charge on any atom is -0.468 e. The first-order chi connectivity index (χ1) is 8.10. The molecular weight excluding hydrogens is 228 g/mol. The predicted octanol–water partition coefficient (Wildman–Crippen LogP) is -0.494. The maximum absolute atomic E-state index is 11.7. The van der Waals surface area contributed by atoms with Crippen molar-refractivity contribution in [1.82, 2.24) is 10.2 Å². The SMILES string of the molecule is COC(=O)CNC(=O)C1CCCN1C(=O)OC. The highest BCUT2D eigenvalue weighted by Gasteiger charge is 2.34. The van der Waals surface area contributed by atoms with E-state index in [9.17, 15) is 14.4 Å². The van der Waals surface area contributed by atoms with Crippen molar-refractivity contribution in [2.75, 3.05) is 27.3 Å². The van der Waals surface area contributed by atoms with Crippen molar-refractivity contribution in [3.05, 3.63) is 0 Å². The molecule has 96 valence electrons. The second kappa shape index (κ2) is 6.07. The normalized spacial score (nSPS) is 18.7. The summed E-state index contributed by atoms with van der Waals surface area (Å²) >= 11 is 0. The summed E-state index contributed by atoms with van der Waals surface area (Å²) in [5.74, 6) is -0.890. The Kier molecular flexibility index (Phi) is 4.74. The minimum absolute atomic E-state index is 0.194. The minimum atomic E-state index is -0.563. The zero-order valence-corrected chi connectivity index (χ0v) is 9.89. The topological polar surface area (TPSA) is 84.9 Å². The molecule has 2 amide bonds. The second-order valence-corrected chi connectivity index (χ2v) is 3.62. The quantitative estimate of drug-likeness (QED) is 0.677. The van der Waals surface area contributed by atoms with Crippen LogP contribution in [-0.2, 0) is 19.1 Å². The Morgan fingerprint density at radius 2 is 2.00 bits per heavy atom. The van der Waals surface area contributed by atoms with E-state index in [0.29, 0.717) is 13.0 Å². The van der Waals surface area contributed by atoms with Gasteiger partial charge in [0.05, 0.1) is 14.2 Å². The highest BCUT2D eigenvalue weighted by atomic mass is 16.5. The summed E-state index contributed by atoms with van der Waals surface area (Å²) in [6, 6.07) is -0.563. The van der Waals surface area contributed by atoms with Crippen LogP contribution in [0, 0.1) is 0 Å². The monoisotopic (exact) mass is 244 g/mol. The van der Waals surface area contributed by atoms with E-state index in [2.05, 4.69) is 14.8 Å². The smallest absolute Gasteiger partial charge is 0.410 e. The number of nitrogens with zero attached hydrogens (tertiary/aromatic N) is 1. The molecule has 1 aliphatic rings. The lowest BCUT2D eigenvalue weighted by Gasteiger charge is -2.22. The van der Waals surface area contributed by atoms with Crippen LogP contribution in [0.5, 0.6) is 0 Å². The van der Waals surface area contributed by atoms with Gasteiger partial charge in [-0.15, -0.1) is 0 Å². The Labute approximate surface area is 99.0 Å². The largest absolute Gasteiger partial charge is 0.468 e. The summed E-state index contributed by atoms with van der Waals surface area (Å²) in [4.78, 5) is 35.3. The van der Waals surface area contributed by atoms with E-state index in [1.165, 1.54) is 19.1 Å². The molecule has 1 heterocycles. The first-order valence-electron chi connectivity index (χ1n) is 5.29. The molecule has 0 aromatic rings. The average Bonchev–Trinajstić information content (AvgIpc) is 2.83. The van der Waals surface area contributed by atoms with Crippen LogP contribution < -0.4 is 5.32 Å². The van der Waals surface area contributed by atoms with Crippen LogP contribution in [0.25, 0.3) is 0 Å². The number of nitrogens with one attached hydrogen (secondary N) is 1. The maximum Gasteiger partial charge on any atom is 0.410 e. The molecule has 0 aromatic carbocycles. The van der Waals surface area contributed by atoms with Gasteiger partial charge in [0.15, 0.2) is 0 Å². The Hall–Kier alpha value is -1.79. The van der Waals surface area contributed by atoms with Crippen molar-refractivity contribution in [3.8, 4) is 0 Å². The van der Waals surface area contributed by atoms with Crippen LogP contribution in [0.2, 0.25) is 0 Å². The molecule has 0 aromatic heterocycles. The molecule has 1 N–H and O–H groups in total. The third kappa shape index (κ3) is 3.33. The summed E-state index contributed by atoms with van der Waals surface area (Å²) in [5, 5.41) is 2.42. The number of ether oxygens (including phenoxy) is 2. The van der Waals surface area contributed by atoms with Crippen molar-refractivity contribution >= 4 is 18.0 Å². The zero-order valence-electron chi connectivity index (χ0n) is 9.89. The standard InChI is InChI=1S/C10H16N2O5/c1-16-8(13)6-11-9(14)7-4-3-5-12(7)10(15)17-2/h7H,3-6H2,1-2H3,(H,11,14). The van der Waals surface area contributed by atoms with Crippen LogP contribution in [0.3, 0.4) is 0 Å². The highest BCUT2D eigenvalue weighted by molar-refractivity contribution is 5.88. The molecule has 1 atom stereocenters. The number of amides is 2. The van der Waals surface area contributed by atoms with Crippen LogP contribution in [-0.4, -0.2) is 56.2 Å². The third-order valence-electron chi connectivity index (χ3n) is 2.60. The average molecular weight is 244 g/mol. The fourth-order valence-corrected chi connectivity index (χ4v) is 1.72. The molecule has 0 spiro atoms. The molecule has 1 aliphatic heterocycles. The molecule has 0 aliphatic carbocycles. The van der Waals surface area contributed by atoms with E-state index in [-0.39, 0.29) is 12.5 Å². The van der Waals surface area contributed by atoms with Crippen LogP contribution in [0.15, 0.2) is 0 Å². The van der Waals surface area contributed by atoms with Gasteiger partial charge in [0.2, 0.25) is 5.91 Å². The molecule has 1 rings (SSSR count). The Morgan fingerprint density at radius 1 is 1.29 bits per heavy atom. The van der Waals surface area contributed by atoms with Gasteiger partial charge in [-0.2, -0.15) is 0 Å². The summed E-state index contributed by atoms with van der Waals surface area (Å²) in [6.07, 6.45) is 0.786. The summed E-state index contributed by atoms with van der Waals surface area (Å²) in [6.45, 7) is 0.295. The first kappa shape index (κ1) is 13.3. The van der Waals surface area contributed by atoms with E-state index in [1.807, 2.05) is 0 Å². The second-order valence-electron chi connectivity index (χ2n) is 3.62. The summed E-state index contributed by atoms with van der Waals surface area (Å²) < 4.78 is 8.98. The van der Waals surface area contributed by atoms with Crippen molar-refractivity contribution in [2.24, 2.45) is 0 Å². The molecule has 17 heavy (non-hydrogen) atoms. The van der Waals surface area contributed by atoms with Gasteiger partial charge < -0.3 is 14.8 Å². The summed E-state index contributed by atoms with van der Waals surface area (Å²) in [5.41, 5.74) is 0. The Bertz CT molecular complexity index is 318. The molecule has 0 radical (unpaired) electrons. The molecule has 0 saturated carbocycles. The first-order valence-corrected chi connectivity index (χ1v) is 5.29. The van der Waals surface area contributed by atoms with Gasteiger partial charge in [-0.25, -0.2) is 4.79 Å². The van der Waals surface area contributed by atoms with Crippen molar-refractivity contribution in [2.45, 2.75) is 18.9 Å². The molecule has 7 heteroatoms. The van der Waals surface area contributed by atoms with Crippen molar-refractivity contribution < 1.29 is 23.9 Å². The van der Waals surface area contributed by atoms with E-state index < -0.39 is 18.1 Å². The van der Waals surface area contributed by atoms with Gasteiger partial charge in [0.25, 0.3) is 0 Å². The zero-order chi connectivity index (χ0) is 12.8. The lowest BCUT2D eigenvalue weighted by molar-refractivity contribution is -0.141. The van der Waals surface area contributed by atoms with E-state index in [4.69, 9.17) is 0 Å². The molecule has 7 nitrogen and oxygen atoms in total. The van der Waals surface area contributed by atoms with Gasteiger partial charge in [-0.1, -0.05) is 0 Å². The molecule has 1 fully saturated rings. The highest BCUT2D eigenvalue weighted by Crippen LogP contribution is 2.17. The predicted molar refractivity (Wildman–Crippen MR) is 57.2 cm³/mol.